The van der Waals surface area contributed by atoms with Gasteiger partial charge in [-0.25, -0.2) is 4.39 Å². The lowest BCUT2D eigenvalue weighted by molar-refractivity contribution is -0.147. The zero-order valence-corrected chi connectivity index (χ0v) is 12.1. The first kappa shape index (κ1) is 15.3. The monoisotopic (exact) mass is 305 g/mol. The summed E-state index contributed by atoms with van der Waals surface area (Å²) < 4.78 is 54.3. The molecule has 6 nitrogen and oxygen atoms in total. The standard InChI is InChI=1S/C12H16FNO5S/c1-12(2)18-10(8-6-4-5-7-9(8)13)11(19-12)14-20(15,16)17-3/h4-7,10-11,14H,1-3H3. The van der Waals surface area contributed by atoms with Crippen molar-refractivity contribution in [1.29, 1.82) is 0 Å². The highest BCUT2D eigenvalue weighted by Crippen LogP contribution is 2.38. The molecule has 1 N–H and O–H groups in total. The van der Waals surface area contributed by atoms with Crippen LogP contribution in [0.2, 0.25) is 0 Å². The number of halogens is 1. The minimum Gasteiger partial charge on any atom is -0.338 e. The predicted octanol–water partition coefficient (Wildman–Crippen LogP) is 1.46. The van der Waals surface area contributed by atoms with Crippen molar-refractivity contribution in [2.75, 3.05) is 7.11 Å². The predicted molar refractivity (Wildman–Crippen MR) is 68.2 cm³/mol. The van der Waals surface area contributed by atoms with Gasteiger partial charge in [0, 0.05) is 5.56 Å². The number of hydrogen-bond acceptors (Lipinski definition) is 5. The smallest absolute Gasteiger partial charge is 0.337 e. The molecule has 0 saturated carbocycles. The van der Waals surface area contributed by atoms with E-state index in [1.807, 2.05) is 0 Å². The maximum absolute atomic E-state index is 13.8. The third-order valence-electron chi connectivity index (χ3n) is 2.79. The Morgan fingerprint density at radius 1 is 1.30 bits per heavy atom. The lowest BCUT2D eigenvalue weighted by Crippen LogP contribution is -2.39. The van der Waals surface area contributed by atoms with Gasteiger partial charge in [0.2, 0.25) is 0 Å². The first-order valence-electron chi connectivity index (χ1n) is 5.92. The second-order valence-corrected chi connectivity index (χ2v) is 6.21. The zero-order valence-electron chi connectivity index (χ0n) is 11.3. The van der Waals surface area contributed by atoms with Crippen LogP contribution >= 0.6 is 0 Å². The van der Waals surface area contributed by atoms with E-state index in [2.05, 4.69) is 8.91 Å². The SMILES string of the molecule is COS(=O)(=O)NC1OC(C)(C)OC1c1ccccc1F. The fourth-order valence-electron chi connectivity index (χ4n) is 1.97. The van der Waals surface area contributed by atoms with Gasteiger partial charge in [-0.1, -0.05) is 18.2 Å². The maximum Gasteiger partial charge on any atom is 0.337 e. The van der Waals surface area contributed by atoms with E-state index in [0.717, 1.165) is 7.11 Å². The summed E-state index contributed by atoms with van der Waals surface area (Å²) in [6.07, 6.45) is -1.98. The van der Waals surface area contributed by atoms with E-state index in [1.165, 1.54) is 18.2 Å². The lowest BCUT2D eigenvalue weighted by atomic mass is 10.1. The van der Waals surface area contributed by atoms with Crippen molar-refractivity contribution >= 4 is 10.3 Å². The molecule has 8 heteroatoms. The molecule has 20 heavy (non-hydrogen) atoms. The van der Waals surface area contributed by atoms with Gasteiger partial charge in [0.1, 0.15) is 11.9 Å². The molecule has 1 saturated heterocycles. The molecule has 2 unspecified atom stereocenters. The van der Waals surface area contributed by atoms with Gasteiger partial charge >= 0.3 is 10.3 Å². The minimum absolute atomic E-state index is 0.210. The third kappa shape index (κ3) is 3.33. The quantitative estimate of drug-likeness (QED) is 0.911. The summed E-state index contributed by atoms with van der Waals surface area (Å²) in [7, 11) is -2.97. The van der Waals surface area contributed by atoms with Crippen LogP contribution in [-0.4, -0.2) is 27.5 Å². The number of ether oxygens (including phenoxy) is 2. The Balaban J connectivity index is 2.32. The van der Waals surface area contributed by atoms with Crippen molar-refractivity contribution in [3.63, 3.8) is 0 Å². The first-order chi connectivity index (χ1) is 9.24. The summed E-state index contributed by atoms with van der Waals surface area (Å²) in [6.45, 7) is 3.23. The van der Waals surface area contributed by atoms with Crippen molar-refractivity contribution in [2.24, 2.45) is 0 Å². The van der Waals surface area contributed by atoms with E-state index in [-0.39, 0.29) is 5.56 Å². The number of benzene rings is 1. The molecule has 1 heterocycles. The van der Waals surface area contributed by atoms with E-state index in [4.69, 9.17) is 9.47 Å². The largest absolute Gasteiger partial charge is 0.338 e. The maximum atomic E-state index is 13.8. The van der Waals surface area contributed by atoms with Crippen molar-refractivity contribution in [3.8, 4) is 0 Å². The van der Waals surface area contributed by atoms with Crippen molar-refractivity contribution in [3.05, 3.63) is 35.6 Å². The zero-order chi connectivity index (χ0) is 15.0. The molecular formula is C12H16FNO5S. The molecule has 2 rings (SSSR count). The Kier molecular flexibility index (Phi) is 4.12. The summed E-state index contributed by atoms with van der Waals surface area (Å²) in [5, 5.41) is 0. The molecule has 2 atom stereocenters. The molecule has 0 aromatic heterocycles. The van der Waals surface area contributed by atoms with Gasteiger partial charge in [-0.3, -0.25) is 4.18 Å². The van der Waals surface area contributed by atoms with Gasteiger partial charge in [0.05, 0.1) is 7.11 Å². The van der Waals surface area contributed by atoms with Gasteiger partial charge in [-0.2, -0.15) is 13.1 Å². The van der Waals surface area contributed by atoms with Crippen LogP contribution in [0.15, 0.2) is 24.3 Å². The molecule has 0 aliphatic carbocycles. The van der Waals surface area contributed by atoms with Crippen LogP contribution in [0.1, 0.15) is 25.5 Å². The molecule has 1 aromatic rings. The van der Waals surface area contributed by atoms with Gasteiger partial charge in [-0.15, -0.1) is 0 Å². The molecule has 0 spiro atoms. The Hall–Kier alpha value is -1.06. The Morgan fingerprint density at radius 3 is 2.55 bits per heavy atom. The second-order valence-electron chi connectivity index (χ2n) is 4.74. The normalized spacial score (nSPS) is 25.8. The average Bonchev–Trinajstić information content (AvgIpc) is 2.64. The topological polar surface area (TPSA) is 73.9 Å². The number of nitrogens with one attached hydrogen (secondary N) is 1. The molecule has 0 radical (unpaired) electrons. The van der Waals surface area contributed by atoms with Crippen LogP contribution in [0.25, 0.3) is 0 Å². The van der Waals surface area contributed by atoms with Crippen LogP contribution < -0.4 is 4.72 Å². The van der Waals surface area contributed by atoms with E-state index in [9.17, 15) is 12.8 Å². The highest BCUT2D eigenvalue weighted by molar-refractivity contribution is 7.84. The summed E-state index contributed by atoms with van der Waals surface area (Å²) in [4.78, 5) is 0. The summed E-state index contributed by atoms with van der Waals surface area (Å²) >= 11 is 0. The summed E-state index contributed by atoms with van der Waals surface area (Å²) in [5.74, 6) is -1.55. The van der Waals surface area contributed by atoms with E-state index >= 15 is 0 Å². The molecule has 0 amide bonds. The Labute approximate surface area is 117 Å². The van der Waals surface area contributed by atoms with Gasteiger partial charge in [0.15, 0.2) is 12.0 Å². The minimum atomic E-state index is -3.98. The molecule has 1 fully saturated rings. The van der Waals surface area contributed by atoms with E-state index < -0.39 is 34.2 Å². The fourth-order valence-corrected chi connectivity index (χ4v) is 2.52. The molecule has 0 bridgehead atoms. The highest BCUT2D eigenvalue weighted by atomic mass is 32.2. The molecule has 112 valence electrons. The van der Waals surface area contributed by atoms with Crippen molar-refractivity contribution in [1.82, 2.24) is 4.72 Å². The van der Waals surface area contributed by atoms with Crippen molar-refractivity contribution in [2.45, 2.75) is 32.0 Å². The molecular weight excluding hydrogens is 289 g/mol. The van der Waals surface area contributed by atoms with E-state index in [1.54, 1.807) is 19.9 Å². The summed E-state index contributed by atoms with van der Waals surface area (Å²) in [5.41, 5.74) is 0.210. The van der Waals surface area contributed by atoms with Crippen LogP contribution in [0, 0.1) is 5.82 Å². The van der Waals surface area contributed by atoms with Crippen molar-refractivity contribution < 1.29 is 26.5 Å². The molecule has 1 aromatic carbocycles. The van der Waals surface area contributed by atoms with Crippen LogP contribution in [-0.2, 0) is 24.0 Å². The van der Waals surface area contributed by atoms with Crippen LogP contribution in [0.3, 0.4) is 0 Å². The molecule has 1 aliphatic heterocycles. The first-order valence-corrected chi connectivity index (χ1v) is 7.33. The highest BCUT2D eigenvalue weighted by Gasteiger charge is 2.44. The van der Waals surface area contributed by atoms with Crippen LogP contribution in [0.5, 0.6) is 0 Å². The van der Waals surface area contributed by atoms with Crippen LogP contribution in [0.4, 0.5) is 4.39 Å². The lowest BCUT2D eigenvalue weighted by Gasteiger charge is -2.18. The average molecular weight is 305 g/mol. The number of hydrogen-bond donors (Lipinski definition) is 1. The third-order valence-corrected chi connectivity index (χ3v) is 3.75. The van der Waals surface area contributed by atoms with Gasteiger partial charge in [0.25, 0.3) is 0 Å². The Morgan fingerprint density at radius 2 is 1.95 bits per heavy atom. The summed E-state index contributed by atoms with van der Waals surface area (Å²) in [6, 6.07) is 5.95. The fraction of sp³-hybridized carbons (Fsp3) is 0.500. The Bertz CT molecular complexity index is 589. The van der Waals surface area contributed by atoms with Gasteiger partial charge < -0.3 is 9.47 Å². The molecule has 1 aliphatic rings. The van der Waals surface area contributed by atoms with Gasteiger partial charge in [-0.05, 0) is 19.9 Å². The van der Waals surface area contributed by atoms with E-state index in [0.29, 0.717) is 0 Å². The number of rotatable bonds is 4. The second kappa shape index (κ2) is 5.38.